The predicted octanol–water partition coefficient (Wildman–Crippen LogP) is 2.50. The second kappa shape index (κ2) is 6.16. The minimum atomic E-state index is -0.187. The van der Waals surface area contributed by atoms with Gasteiger partial charge in [-0.1, -0.05) is 19.1 Å². The number of benzene rings is 1. The molecule has 0 unspecified atom stereocenters. The van der Waals surface area contributed by atoms with E-state index in [1.54, 1.807) is 7.11 Å². The lowest BCUT2D eigenvalue weighted by atomic mass is 10.1. The Labute approximate surface area is 96.4 Å². The number of hydrogen-bond donors (Lipinski definition) is 0. The van der Waals surface area contributed by atoms with Crippen molar-refractivity contribution in [1.82, 2.24) is 0 Å². The lowest BCUT2D eigenvalue weighted by molar-refractivity contribution is -0.142. The normalized spacial score (nSPS) is 9.94. The maximum absolute atomic E-state index is 11.4. The second-order valence-corrected chi connectivity index (χ2v) is 3.70. The summed E-state index contributed by atoms with van der Waals surface area (Å²) in [5, 5.41) is 0. The molecule has 3 nitrogen and oxygen atoms in total. The summed E-state index contributed by atoms with van der Waals surface area (Å²) in [6.45, 7) is 4.43. The van der Waals surface area contributed by atoms with Crippen LogP contribution >= 0.6 is 0 Å². The fourth-order valence-corrected chi connectivity index (χ4v) is 1.41. The van der Waals surface area contributed by atoms with Crippen LogP contribution in [0.3, 0.4) is 0 Å². The molecule has 1 aromatic rings. The highest BCUT2D eigenvalue weighted by Gasteiger charge is 2.06. The van der Waals surface area contributed by atoms with E-state index in [1.165, 1.54) is 0 Å². The maximum Gasteiger partial charge on any atom is 0.310 e. The highest BCUT2D eigenvalue weighted by Crippen LogP contribution is 2.19. The van der Waals surface area contributed by atoms with Crippen LogP contribution in [0, 0.1) is 6.92 Å². The molecule has 0 aliphatic rings. The zero-order valence-electron chi connectivity index (χ0n) is 10.1. The molecule has 0 aliphatic carbocycles. The van der Waals surface area contributed by atoms with E-state index in [1.807, 2.05) is 32.0 Å². The minimum absolute atomic E-state index is 0.187. The van der Waals surface area contributed by atoms with Crippen molar-refractivity contribution in [3.05, 3.63) is 29.3 Å². The van der Waals surface area contributed by atoms with Gasteiger partial charge in [-0.15, -0.1) is 0 Å². The smallest absolute Gasteiger partial charge is 0.310 e. The molecule has 0 aromatic heterocycles. The van der Waals surface area contributed by atoms with Crippen molar-refractivity contribution in [1.29, 1.82) is 0 Å². The monoisotopic (exact) mass is 222 g/mol. The highest BCUT2D eigenvalue weighted by atomic mass is 16.5. The Morgan fingerprint density at radius 1 is 1.38 bits per heavy atom. The Morgan fingerprint density at radius 2 is 2.12 bits per heavy atom. The largest absolute Gasteiger partial charge is 0.496 e. The zero-order valence-corrected chi connectivity index (χ0v) is 10.1. The molecule has 0 aliphatic heterocycles. The van der Waals surface area contributed by atoms with Crippen LogP contribution in [-0.4, -0.2) is 19.7 Å². The number of hydrogen-bond acceptors (Lipinski definition) is 3. The van der Waals surface area contributed by atoms with Gasteiger partial charge >= 0.3 is 5.97 Å². The van der Waals surface area contributed by atoms with Gasteiger partial charge in [-0.25, -0.2) is 0 Å². The maximum atomic E-state index is 11.4. The Balaban J connectivity index is 2.63. The number of esters is 1. The van der Waals surface area contributed by atoms with Crippen molar-refractivity contribution in [3.63, 3.8) is 0 Å². The van der Waals surface area contributed by atoms with Gasteiger partial charge in [0.2, 0.25) is 0 Å². The van der Waals surface area contributed by atoms with E-state index in [0.29, 0.717) is 13.0 Å². The molecule has 0 heterocycles. The first-order chi connectivity index (χ1) is 7.67. The van der Waals surface area contributed by atoms with Crippen molar-refractivity contribution in [2.24, 2.45) is 0 Å². The van der Waals surface area contributed by atoms with Crippen LogP contribution in [0.2, 0.25) is 0 Å². The van der Waals surface area contributed by atoms with E-state index in [4.69, 9.17) is 9.47 Å². The lowest BCUT2D eigenvalue weighted by Crippen LogP contribution is -2.08. The van der Waals surface area contributed by atoms with E-state index >= 15 is 0 Å². The quantitative estimate of drug-likeness (QED) is 0.718. The fraction of sp³-hybridized carbons (Fsp3) is 0.462. The number of methoxy groups -OCH3 is 1. The minimum Gasteiger partial charge on any atom is -0.496 e. The van der Waals surface area contributed by atoms with Crippen molar-refractivity contribution in [2.75, 3.05) is 13.7 Å². The van der Waals surface area contributed by atoms with Gasteiger partial charge < -0.3 is 9.47 Å². The van der Waals surface area contributed by atoms with Crippen molar-refractivity contribution >= 4 is 5.97 Å². The van der Waals surface area contributed by atoms with Crippen molar-refractivity contribution in [2.45, 2.75) is 26.7 Å². The summed E-state index contributed by atoms with van der Waals surface area (Å²) >= 11 is 0. The van der Waals surface area contributed by atoms with Crippen LogP contribution in [0.25, 0.3) is 0 Å². The molecular formula is C13H18O3. The van der Waals surface area contributed by atoms with Gasteiger partial charge in [-0.2, -0.15) is 0 Å². The summed E-state index contributed by atoms with van der Waals surface area (Å²) in [6, 6.07) is 5.74. The van der Waals surface area contributed by atoms with Crippen LogP contribution in [0.5, 0.6) is 5.75 Å². The topological polar surface area (TPSA) is 35.5 Å². The van der Waals surface area contributed by atoms with E-state index in [-0.39, 0.29) is 5.97 Å². The fourth-order valence-electron chi connectivity index (χ4n) is 1.41. The summed E-state index contributed by atoms with van der Waals surface area (Å²) in [7, 11) is 1.63. The second-order valence-electron chi connectivity index (χ2n) is 3.70. The van der Waals surface area contributed by atoms with Gasteiger partial charge in [0.05, 0.1) is 20.1 Å². The lowest BCUT2D eigenvalue weighted by Gasteiger charge is -2.07. The van der Waals surface area contributed by atoms with E-state index in [0.717, 1.165) is 23.3 Å². The summed E-state index contributed by atoms with van der Waals surface area (Å²) < 4.78 is 10.2. The van der Waals surface area contributed by atoms with Crippen molar-refractivity contribution in [3.8, 4) is 5.75 Å². The van der Waals surface area contributed by atoms with E-state index in [9.17, 15) is 4.79 Å². The first-order valence-corrected chi connectivity index (χ1v) is 5.46. The third-order valence-corrected chi connectivity index (χ3v) is 2.29. The molecule has 0 spiro atoms. The Kier molecular flexibility index (Phi) is 4.83. The van der Waals surface area contributed by atoms with Crippen molar-refractivity contribution < 1.29 is 14.3 Å². The SMILES string of the molecule is CCCOC(=O)Cc1ccc(C)c(OC)c1. The molecule has 0 radical (unpaired) electrons. The van der Waals surface area contributed by atoms with Gasteiger partial charge in [0, 0.05) is 0 Å². The van der Waals surface area contributed by atoms with Gasteiger partial charge in [0.15, 0.2) is 0 Å². The molecule has 0 bridgehead atoms. The van der Waals surface area contributed by atoms with Crippen LogP contribution in [0.1, 0.15) is 24.5 Å². The van der Waals surface area contributed by atoms with Crippen LogP contribution in [0.15, 0.2) is 18.2 Å². The van der Waals surface area contributed by atoms with Crippen LogP contribution in [0.4, 0.5) is 0 Å². The third kappa shape index (κ3) is 3.57. The summed E-state index contributed by atoms with van der Waals surface area (Å²) in [4.78, 5) is 11.4. The van der Waals surface area contributed by atoms with Gasteiger partial charge in [-0.05, 0) is 30.5 Å². The first-order valence-electron chi connectivity index (χ1n) is 5.46. The Hall–Kier alpha value is -1.51. The predicted molar refractivity (Wildman–Crippen MR) is 62.7 cm³/mol. The van der Waals surface area contributed by atoms with Gasteiger partial charge in [-0.3, -0.25) is 4.79 Å². The average molecular weight is 222 g/mol. The van der Waals surface area contributed by atoms with E-state index in [2.05, 4.69) is 0 Å². The molecule has 0 saturated carbocycles. The van der Waals surface area contributed by atoms with E-state index < -0.39 is 0 Å². The molecule has 0 fully saturated rings. The highest BCUT2D eigenvalue weighted by molar-refractivity contribution is 5.72. The summed E-state index contributed by atoms with van der Waals surface area (Å²) in [5.74, 6) is 0.619. The zero-order chi connectivity index (χ0) is 12.0. The van der Waals surface area contributed by atoms with Gasteiger partial charge in [0.1, 0.15) is 5.75 Å². The third-order valence-electron chi connectivity index (χ3n) is 2.29. The van der Waals surface area contributed by atoms with Crippen LogP contribution in [-0.2, 0) is 16.0 Å². The molecule has 16 heavy (non-hydrogen) atoms. The molecule has 3 heteroatoms. The van der Waals surface area contributed by atoms with Gasteiger partial charge in [0.25, 0.3) is 0 Å². The first kappa shape index (κ1) is 12.6. The number of aryl methyl sites for hydroxylation is 1. The summed E-state index contributed by atoms with van der Waals surface area (Å²) in [6.07, 6.45) is 1.15. The number of rotatable bonds is 5. The Morgan fingerprint density at radius 3 is 2.75 bits per heavy atom. The molecule has 0 saturated heterocycles. The Bertz CT molecular complexity index is 358. The molecule has 0 amide bonds. The molecule has 1 aromatic carbocycles. The molecule has 0 N–H and O–H groups in total. The number of ether oxygens (including phenoxy) is 2. The average Bonchev–Trinajstić information content (AvgIpc) is 2.29. The summed E-state index contributed by atoms with van der Waals surface area (Å²) in [5.41, 5.74) is 1.98. The standard InChI is InChI=1S/C13H18O3/c1-4-7-16-13(14)9-11-6-5-10(2)12(8-11)15-3/h5-6,8H,4,7,9H2,1-3H3. The molecule has 0 atom stereocenters. The van der Waals surface area contributed by atoms with Crippen LogP contribution < -0.4 is 4.74 Å². The molecular weight excluding hydrogens is 204 g/mol. The molecule has 1 rings (SSSR count). The number of carbonyl (C=O) groups excluding carboxylic acids is 1. The number of carbonyl (C=O) groups is 1. The molecule has 88 valence electrons.